The summed E-state index contributed by atoms with van der Waals surface area (Å²) in [7, 11) is 0. The lowest BCUT2D eigenvalue weighted by Crippen LogP contribution is -2.36. The number of rotatable bonds is 5. The lowest BCUT2D eigenvalue weighted by Gasteiger charge is -2.20. The second-order valence-corrected chi connectivity index (χ2v) is 6.19. The van der Waals surface area contributed by atoms with Crippen LogP contribution in [0, 0.1) is 5.82 Å². The molecule has 1 aromatic heterocycles. The number of benzene rings is 1. The molecule has 2 atom stereocenters. The first-order valence-corrected chi connectivity index (χ1v) is 8.26. The number of pyridine rings is 1. The van der Waals surface area contributed by atoms with E-state index in [4.69, 9.17) is 16.3 Å². The number of nitrogens with one attached hydrogen (secondary N) is 1. The van der Waals surface area contributed by atoms with Gasteiger partial charge < -0.3 is 10.1 Å². The summed E-state index contributed by atoms with van der Waals surface area (Å²) in [6.07, 6.45) is 4.83. The topological polar surface area (TPSA) is 51.2 Å². The smallest absolute Gasteiger partial charge is 0.220 e. The fourth-order valence-electron chi connectivity index (χ4n) is 2.84. The molecule has 0 aliphatic carbocycles. The molecule has 1 N–H and O–H groups in total. The summed E-state index contributed by atoms with van der Waals surface area (Å²) in [4.78, 5) is 16.1. The quantitative estimate of drug-likeness (QED) is 0.900. The van der Waals surface area contributed by atoms with Crippen LogP contribution in [0.1, 0.15) is 30.1 Å². The number of hydrogen-bond donors (Lipinski definition) is 1. The Bertz CT molecular complexity index is 711. The largest absolute Gasteiger partial charge is 0.371 e. The molecule has 6 heteroatoms. The zero-order valence-corrected chi connectivity index (χ0v) is 13.8. The van der Waals surface area contributed by atoms with E-state index in [-0.39, 0.29) is 23.1 Å². The van der Waals surface area contributed by atoms with Crippen LogP contribution in [0.15, 0.2) is 42.7 Å². The molecule has 0 unspecified atom stereocenters. The summed E-state index contributed by atoms with van der Waals surface area (Å²) in [6.45, 7) is 0.532. The van der Waals surface area contributed by atoms with Gasteiger partial charge in [0.2, 0.25) is 5.91 Å². The fraction of sp³-hybridized carbons (Fsp3) is 0.333. The van der Waals surface area contributed by atoms with Gasteiger partial charge in [-0.25, -0.2) is 4.39 Å². The molecule has 4 nitrogen and oxygen atoms in total. The van der Waals surface area contributed by atoms with Crippen LogP contribution >= 0.6 is 11.6 Å². The highest BCUT2D eigenvalue weighted by molar-refractivity contribution is 6.30. The molecule has 24 heavy (non-hydrogen) atoms. The summed E-state index contributed by atoms with van der Waals surface area (Å²) in [5.41, 5.74) is 1.76. The Morgan fingerprint density at radius 3 is 2.88 bits per heavy atom. The molecule has 3 rings (SSSR count). The molecule has 1 aliphatic rings. The number of amides is 1. The van der Waals surface area contributed by atoms with Crippen LogP contribution in [0.5, 0.6) is 0 Å². The Kier molecular flexibility index (Phi) is 5.43. The van der Waals surface area contributed by atoms with Crippen molar-refractivity contribution in [2.45, 2.75) is 31.4 Å². The molecule has 1 aromatic carbocycles. The summed E-state index contributed by atoms with van der Waals surface area (Å²) in [5.74, 6) is -0.519. The van der Waals surface area contributed by atoms with E-state index in [1.54, 1.807) is 18.5 Å². The van der Waals surface area contributed by atoms with Gasteiger partial charge in [-0.2, -0.15) is 0 Å². The normalized spacial score (nSPS) is 20.1. The van der Waals surface area contributed by atoms with Gasteiger partial charge in [0.15, 0.2) is 0 Å². The van der Waals surface area contributed by atoms with E-state index in [0.29, 0.717) is 31.4 Å². The van der Waals surface area contributed by atoms with Crippen LogP contribution in [-0.4, -0.2) is 23.5 Å². The SMILES string of the molecule is O=C(CCc1ccncc1)N[C@@H]1CCO[C@@H]1c1ccc(Cl)c(F)c1. The number of ether oxygens (including phenoxy) is 1. The fourth-order valence-corrected chi connectivity index (χ4v) is 2.96. The predicted octanol–water partition coefficient (Wildman–Crippen LogP) is 3.45. The maximum Gasteiger partial charge on any atom is 0.220 e. The molecule has 1 saturated heterocycles. The van der Waals surface area contributed by atoms with Gasteiger partial charge in [-0.15, -0.1) is 0 Å². The third-order valence-electron chi connectivity index (χ3n) is 4.10. The molecule has 2 heterocycles. The maximum absolute atomic E-state index is 13.7. The first kappa shape index (κ1) is 16.9. The molecule has 0 spiro atoms. The average molecular weight is 349 g/mol. The zero-order chi connectivity index (χ0) is 16.9. The number of carbonyl (C=O) groups excluding carboxylic acids is 1. The van der Waals surface area contributed by atoms with E-state index < -0.39 is 5.82 Å². The van der Waals surface area contributed by atoms with Crippen molar-refractivity contribution in [1.82, 2.24) is 10.3 Å². The molecule has 2 aromatic rings. The molecular formula is C18H18ClFN2O2. The second-order valence-electron chi connectivity index (χ2n) is 5.78. The van der Waals surface area contributed by atoms with Crippen LogP contribution < -0.4 is 5.32 Å². The summed E-state index contributed by atoms with van der Waals surface area (Å²) in [5, 5.41) is 3.08. The standard InChI is InChI=1S/C18H18ClFN2O2/c19-14-3-2-13(11-15(14)20)18-16(7-10-24-18)22-17(23)4-1-12-5-8-21-9-6-12/h2-3,5-6,8-9,11,16,18H,1,4,7,10H2,(H,22,23)/t16-,18-/m1/s1. The van der Waals surface area contributed by atoms with Gasteiger partial charge in [0.25, 0.3) is 0 Å². The molecule has 0 radical (unpaired) electrons. The molecule has 1 fully saturated rings. The number of aryl methyl sites for hydroxylation is 1. The van der Waals surface area contributed by atoms with Crippen LogP contribution in [0.4, 0.5) is 4.39 Å². The van der Waals surface area contributed by atoms with Gasteiger partial charge >= 0.3 is 0 Å². The van der Waals surface area contributed by atoms with Crippen LogP contribution in [0.25, 0.3) is 0 Å². The van der Waals surface area contributed by atoms with Gasteiger partial charge in [-0.1, -0.05) is 17.7 Å². The van der Waals surface area contributed by atoms with Crippen molar-refractivity contribution in [3.05, 3.63) is 64.7 Å². The summed E-state index contributed by atoms with van der Waals surface area (Å²) in [6, 6.07) is 8.24. The van der Waals surface area contributed by atoms with Crippen molar-refractivity contribution < 1.29 is 13.9 Å². The minimum Gasteiger partial charge on any atom is -0.371 e. The monoisotopic (exact) mass is 348 g/mol. The first-order chi connectivity index (χ1) is 11.6. The van der Waals surface area contributed by atoms with Crippen LogP contribution in [0.2, 0.25) is 5.02 Å². The highest BCUT2D eigenvalue weighted by Crippen LogP contribution is 2.31. The van der Waals surface area contributed by atoms with Crippen molar-refractivity contribution >= 4 is 17.5 Å². The first-order valence-electron chi connectivity index (χ1n) is 7.88. The van der Waals surface area contributed by atoms with Crippen molar-refractivity contribution in [1.29, 1.82) is 0 Å². The van der Waals surface area contributed by atoms with Gasteiger partial charge in [0.1, 0.15) is 11.9 Å². The van der Waals surface area contributed by atoms with Crippen LogP contribution in [-0.2, 0) is 16.0 Å². The predicted molar refractivity (Wildman–Crippen MR) is 89.2 cm³/mol. The summed E-state index contributed by atoms with van der Waals surface area (Å²) >= 11 is 5.72. The second kappa shape index (κ2) is 7.73. The average Bonchev–Trinajstić information content (AvgIpc) is 3.04. The molecule has 1 amide bonds. The summed E-state index contributed by atoms with van der Waals surface area (Å²) < 4.78 is 19.3. The third kappa shape index (κ3) is 4.10. The van der Waals surface area contributed by atoms with Gasteiger partial charge in [0.05, 0.1) is 11.1 Å². The van der Waals surface area contributed by atoms with Gasteiger partial charge in [-0.05, 0) is 48.2 Å². The molecule has 1 aliphatic heterocycles. The van der Waals surface area contributed by atoms with Crippen molar-refractivity contribution in [3.63, 3.8) is 0 Å². The minimum absolute atomic E-state index is 0.0400. The number of nitrogens with zero attached hydrogens (tertiary/aromatic N) is 1. The van der Waals surface area contributed by atoms with E-state index in [0.717, 1.165) is 5.56 Å². The maximum atomic E-state index is 13.7. The molecule has 0 saturated carbocycles. The highest BCUT2D eigenvalue weighted by Gasteiger charge is 2.31. The number of aromatic nitrogens is 1. The number of halogens is 2. The van der Waals surface area contributed by atoms with E-state index >= 15 is 0 Å². The van der Waals surface area contributed by atoms with E-state index in [1.165, 1.54) is 12.1 Å². The minimum atomic E-state index is -0.479. The molecular weight excluding hydrogens is 331 g/mol. The molecule has 126 valence electrons. The van der Waals surface area contributed by atoms with Gasteiger partial charge in [-0.3, -0.25) is 9.78 Å². The van der Waals surface area contributed by atoms with Crippen molar-refractivity contribution in [2.75, 3.05) is 6.61 Å². The van der Waals surface area contributed by atoms with Crippen LogP contribution in [0.3, 0.4) is 0 Å². The van der Waals surface area contributed by atoms with Crippen molar-refractivity contribution in [2.24, 2.45) is 0 Å². The lowest BCUT2D eigenvalue weighted by atomic mass is 10.0. The Balaban J connectivity index is 1.59. The zero-order valence-electron chi connectivity index (χ0n) is 13.0. The Hall–Kier alpha value is -1.98. The Morgan fingerprint density at radius 2 is 2.12 bits per heavy atom. The Labute approximate surface area is 145 Å². The number of carbonyl (C=O) groups is 1. The van der Waals surface area contributed by atoms with Gasteiger partial charge in [0, 0.05) is 25.4 Å². The third-order valence-corrected chi connectivity index (χ3v) is 4.41. The van der Waals surface area contributed by atoms with E-state index in [9.17, 15) is 9.18 Å². The Morgan fingerprint density at radius 1 is 1.33 bits per heavy atom. The molecule has 0 bridgehead atoms. The van der Waals surface area contributed by atoms with Crippen molar-refractivity contribution in [3.8, 4) is 0 Å². The van der Waals surface area contributed by atoms with E-state index in [1.807, 2.05) is 12.1 Å². The van der Waals surface area contributed by atoms with E-state index in [2.05, 4.69) is 10.3 Å². The number of hydrogen-bond acceptors (Lipinski definition) is 3. The lowest BCUT2D eigenvalue weighted by molar-refractivity contribution is -0.122. The highest BCUT2D eigenvalue weighted by atomic mass is 35.5.